The smallest absolute Gasteiger partial charge is 0.0853 e. The Labute approximate surface area is 115 Å². The van der Waals surface area contributed by atoms with Crippen molar-refractivity contribution in [3.8, 4) is 11.3 Å². The fourth-order valence-electron chi connectivity index (χ4n) is 2.15. The third kappa shape index (κ3) is 1.83. The minimum atomic E-state index is 1.01. The highest BCUT2D eigenvalue weighted by Gasteiger charge is 2.09. The summed E-state index contributed by atoms with van der Waals surface area (Å²) in [6.07, 6.45) is 1.93. The van der Waals surface area contributed by atoms with Gasteiger partial charge in [-0.3, -0.25) is 4.98 Å². The molecule has 3 rings (SSSR count). The zero-order chi connectivity index (χ0) is 12.5. The lowest BCUT2D eigenvalue weighted by atomic mass is 10.0. The lowest BCUT2D eigenvalue weighted by molar-refractivity contribution is 1.32. The summed E-state index contributed by atoms with van der Waals surface area (Å²) in [7, 11) is 0. The summed E-state index contributed by atoms with van der Waals surface area (Å²) in [5, 5.41) is 2.35. The summed E-state index contributed by atoms with van der Waals surface area (Å²) in [6, 6.07) is 16.6. The number of pyridine rings is 1. The summed E-state index contributed by atoms with van der Waals surface area (Å²) < 4.78 is 1.06. The number of aromatic nitrogens is 1. The summed E-state index contributed by atoms with van der Waals surface area (Å²) in [5.74, 6) is 0. The van der Waals surface area contributed by atoms with Crippen LogP contribution in [0, 0.1) is 6.92 Å². The molecule has 0 aliphatic heterocycles. The van der Waals surface area contributed by atoms with Gasteiger partial charge in [0, 0.05) is 17.1 Å². The first-order chi connectivity index (χ1) is 8.77. The standard InChI is InChI=1S/C16H12BrN/c1-11-6-2-4-8-13(11)16-15(17)14-9-5-3-7-12(14)10-18-16/h2-10H,1H3. The van der Waals surface area contributed by atoms with E-state index in [-0.39, 0.29) is 0 Å². The summed E-state index contributed by atoms with van der Waals surface area (Å²) in [4.78, 5) is 4.59. The molecule has 3 aromatic rings. The topological polar surface area (TPSA) is 12.9 Å². The largest absolute Gasteiger partial charge is 0.254 e. The molecule has 0 aliphatic rings. The molecule has 0 atom stereocenters. The van der Waals surface area contributed by atoms with Crippen LogP contribution in [-0.2, 0) is 0 Å². The Morgan fingerprint density at radius 2 is 1.67 bits per heavy atom. The Hall–Kier alpha value is -1.67. The maximum Gasteiger partial charge on any atom is 0.0853 e. The highest BCUT2D eigenvalue weighted by molar-refractivity contribution is 9.10. The van der Waals surface area contributed by atoms with E-state index in [1.165, 1.54) is 16.5 Å². The van der Waals surface area contributed by atoms with E-state index in [9.17, 15) is 0 Å². The Bertz CT molecular complexity index is 719. The van der Waals surface area contributed by atoms with Gasteiger partial charge in [-0.15, -0.1) is 0 Å². The number of aryl methyl sites for hydroxylation is 1. The highest BCUT2D eigenvalue weighted by atomic mass is 79.9. The zero-order valence-corrected chi connectivity index (χ0v) is 11.6. The summed E-state index contributed by atoms with van der Waals surface area (Å²) >= 11 is 3.69. The van der Waals surface area contributed by atoms with Gasteiger partial charge >= 0.3 is 0 Å². The Morgan fingerprint density at radius 1 is 0.944 bits per heavy atom. The van der Waals surface area contributed by atoms with Crippen LogP contribution >= 0.6 is 15.9 Å². The van der Waals surface area contributed by atoms with Gasteiger partial charge in [-0.25, -0.2) is 0 Å². The van der Waals surface area contributed by atoms with Crippen molar-refractivity contribution >= 4 is 26.7 Å². The predicted molar refractivity (Wildman–Crippen MR) is 79.6 cm³/mol. The molecule has 0 fully saturated rings. The van der Waals surface area contributed by atoms with Gasteiger partial charge in [-0.1, -0.05) is 48.5 Å². The van der Waals surface area contributed by atoms with E-state index in [2.05, 4.69) is 58.2 Å². The molecule has 0 unspecified atom stereocenters. The van der Waals surface area contributed by atoms with Crippen LogP contribution in [0.1, 0.15) is 5.56 Å². The normalized spacial score (nSPS) is 10.8. The first-order valence-electron chi connectivity index (χ1n) is 5.86. The Morgan fingerprint density at radius 3 is 2.50 bits per heavy atom. The second-order valence-electron chi connectivity index (χ2n) is 4.32. The molecule has 18 heavy (non-hydrogen) atoms. The number of hydrogen-bond donors (Lipinski definition) is 0. The lowest BCUT2D eigenvalue weighted by Gasteiger charge is -2.09. The third-order valence-corrected chi connectivity index (χ3v) is 3.94. The van der Waals surface area contributed by atoms with Gasteiger partial charge < -0.3 is 0 Å². The van der Waals surface area contributed by atoms with Gasteiger partial charge in [0.2, 0.25) is 0 Å². The van der Waals surface area contributed by atoms with E-state index in [0.717, 1.165) is 15.6 Å². The fourth-order valence-corrected chi connectivity index (χ4v) is 2.83. The zero-order valence-electron chi connectivity index (χ0n) is 10.0. The summed E-state index contributed by atoms with van der Waals surface area (Å²) in [6.45, 7) is 2.11. The van der Waals surface area contributed by atoms with Gasteiger partial charge in [0.1, 0.15) is 0 Å². The SMILES string of the molecule is Cc1ccccc1-c1ncc2ccccc2c1Br. The average molecular weight is 298 g/mol. The van der Waals surface area contributed by atoms with Crippen LogP contribution in [0.3, 0.4) is 0 Å². The number of halogens is 1. The molecular weight excluding hydrogens is 286 g/mol. The molecule has 2 heteroatoms. The molecule has 0 bridgehead atoms. The van der Waals surface area contributed by atoms with E-state index in [4.69, 9.17) is 0 Å². The van der Waals surface area contributed by atoms with Gasteiger partial charge in [0.05, 0.1) is 10.2 Å². The van der Waals surface area contributed by atoms with E-state index < -0.39 is 0 Å². The van der Waals surface area contributed by atoms with Crippen molar-refractivity contribution in [1.29, 1.82) is 0 Å². The number of nitrogens with zero attached hydrogens (tertiary/aromatic N) is 1. The minimum Gasteiger partial charge on any atom is -0.254 e. The third-order valence-electron chi connectivity index (χ3n) is 3.14. The number of fused-ring (bicyclic) bond motifs is 1. The van der Waals surface area contributed by atoms with Crippen molar-refractivity contribution in [2.24, 2.45) is 0 Å². The molecule has 0 spiro atoms. The summed E-state index contributed by atoms with van der Waals surface area (Å²) in [5.41, 5.74) is 3.42. The van der Waals surface area contributed by atoms with Crippen molar-refractivity contribution < 1.29 is 0 Å². The van der Waals surface area contributed by atoms with Crippen LogP contribution in [0.4, 0.5) is 0 Å². The molecular formula is C16H12BrN. The minimum absolute atomic E-state index is 1.01. The average Bonchev–Trinajstić information content (AvgIpc) is 2.41. The van der Waals surface area contributed by atoms with Crippen molar-refractivity contribution in [2.45, 2.75) is 6.92 Å². The highest BCUT2D eigenvalue weighted by Crippen LogP contribution is 2.33. The Balaban J connectivity index is 2.31. The van der Waals surface area contributed by atoms with Crippen LogP contribution < -0.4 is 0 Å². The second-order valence-corrected chi connectivity index (χ2v) is 5.12. The molecule has 1 nitrogen and oxygen atoms in total. The molecule has 0 saturated carbocycles. The molecule has 2 aromatic carbocycles. The monoisotopic (exact) mass is 297 g/mol. The van der Waals surface area contributed by atoms with Gasteiger partial charge in [-0.05, 0) is 33.8 Å². The first kappa shape index (κ1) is 11.4. The van der Waals surface area contributed by atoms with Crippen molar-refractivity contribution in [2.75, 3.05) is 0 Å². The molecule has 0 saturated heterocycles. The molecule has 0 radical (unpaired) electrons. The van der Waals surface area contributed by atoms with E-state index >= 15 is 0 Å². The van der Waals surface area contributed by atoms with Crippen LogP contribution in [0.2, 0.25) is 0 Å². The van der Waals surface area contributed by atoms with Crippen LogP contribution in [0.15, 0.2) is 59.2 Å². The molecule has 1 aromatic heterocycles. The molecule has 88 valence electrons. The van der Waals surface area contributed by atoms with Crippen molar-refractivity contribution in [1.82, 2.24) is 4.98 Å². The molecule has 0 aliphatic carbocycles. The maximum atomic E-state index is 4.59. The van der Waals surface area contributed by atoms with Gasteiger partial charge in [0.25, 0.3) is 0 Å². The maximum absolute atomic E-state index is 4.59. The van der Waals surface area contributed by atoms with Crippen LogP contribution in [0.25, 0.3) is 22.0 Å². The molecule has 1 heterocycles. The second kappa shape index (κ2) is 4.54. The van der Waals surface area contributed by atoms with E-state index in [1.807, 2.05) is 24.4 Å². The predicted octanol–water partition coefficient (Wildman–Crippen LogP) is 4.97. The first-order valence-corrected chi connectivity index (χ1v) is 6.66. The molecule has 0 N–H and O–H groups in total. The van der Waals surface area contributed by atoms with Gasteiger partial charge in [-0.2, -0.15) is 0 Å². The lowest BCUT2D eigenvalue weighted by Crippen LogP contribution is -1.89. The number of hydrogen-bond acceptors (Lipinski definition) is 1. The van der Waals surface area contributed by atoms with E-state index in [0.29, 0.717) is 0 Å². The van der Waals surface area contributed by atoms with E-state index in [1.54, 1.807) is 0 Å². The van der Waals surface area contributed by atoms with Crippen LogP contribution in [0.5, 0.6) is 0 Å². The van der Waals surface area contributed by atoms with Crippen molar-refractivity contribution in [3.05, 3.63) is 64.8 Å². The van der Waals surface area contributed by atoms with Gasteiger partial charge in [0.15, 0.2) is 0 Å². The quantitative estimate of drug-likeness (QED) is 0.618. The number of rotatable bonds is 1. The molecule has 0 amide bonds. The fraction of sp³-hybridized carbons (Fsp3) is 0.0625. The number of benzene rings is 2. The van der Waals surface area contributed by atoms with Crippen LogP contribution in [-0.4, -0.2) is 4.98 Å². The Kier molecular flexibility index (Phi) is 2.88. The van der Waals surface area contributed by atoms with Crippen molar-refractivity contribution in [3.63, 3.8) is 0 Å².